The molecule has 1 N–H and O–H groups in total. The zero-order valence-corrected chi connectivity index (χ0v) is 18.2. The van der Waals surface area contributed by atoms with Gasteiger partial charge >= 0.3 is 6.18 Å². The van der Waals surface area contributed by atoms with Crippen LogP contribution in [0.3, 0.4) is 0 Å². The Labute approximate surface area is 184 Å². The normalized spacial score (nSPS) is 15.8. The standard InChI is InChI=1S/C21H23F3N4O3S/c1-25-32(30,31)18-7-3-16(4-8-18)5-10-20(29)28-12-2-11-27(13-14-28)19-9-6-17(15-26-19)21(22,23)24/h3-10,15,25H,2,11-14H2,1H3/b10-5+. The highest BCUT2D eigenvalue weighted by Gasteiger charge is 2.31. The third-order valence-electron chi connectivity index (χ3n) is 5.08. The number of hydrogen-bond acceptors (Lipinski definition) is 5. The van der Waals surface area contributed by atoms with Crippen molar-refractivity contribution in [3.05, 3.63) is 59.8 Å². The molecule has 0 bridgehead atoms. The Morgan fingerprint density at radius 3 is 2.38 bits per heavy atom. The summed E-state index contributed by atoms with van der Waals surface area (Å²) in [4.78, 5) is 20.2. The van der Waals surface area contributed by atoms with Gasteiger partial charge in [-0.15, -0.1) is 0 Å². The molecule has 1 fully saturated rings. The van der Waals surface area contributed by atoms with Crippen molar-refractivity contribution in [2.75, 3.05) is 38.1 Å². The van der Waals surface area contributed by atoms with Gasteiger partial charge in [0.25, 0.3) is 0 Å². The molecule has 32 heavy (non-hydrogen) atoms. The molecule has 0 aliphatic carbocycles. The highest BCUT2D eigenvalue weighted by molar-refractivity contribution is 7.89. The Balaban J connectivity index is 1.59. The van der Waals surface area contributed by atoms with Crippen LogP contribution < -0.4 is 9.62 Å². The van der Waals surface area contributed by atoms with Crippen LogP contribution in [0.15, 0.2) is 53.6 Å². The minimum Gasteiger partial charge on any atom is -0.355 e. The summed E-state index contributed by atoms with van der Waals surface area (Å²) in [5, 5.41) is 0. The van der Waals surface area contributed by atoms with Crippen LogP contribution >= 0.6 is 0 Å². The van der Waals surface area contributed by atoms with Gasteiger partial charge in [0.15, 0.2) is 0 Å². The van der Waals surface area contributed by atoms with E-state index in [0.29, 0.717) is 44.0 Å². The van der Waals surface area contributed by atoms with Crippen molar-refractivity contribution in [1.82, 2.24) is 14.6 Å². The number of sulfonamides is 1. The fraction of sp³-hybridized carbons (Fsp3) is 0.333. The predicted molar refractivity (Wildman–Crippen MR) is 114 cm³/mol. The number of alkyl halides is 3. The van der Waals surface area contributed by atoms with Crippen molar-refractivity contribution in [3.8, 4) is 0 Å². The van der Waals surface area contributed by atoms with Crippen molar-refractivity contribution >= 4 is 27.8 Å². The fourth-order valence-electron chi connectivity index (χ4n) is 3.26. The molecular formula is C21H23F3N4O3S. The molecule has 0 spiro atoms. The summed E-state index contributed by atoms with van der Waals surface area (Å²) in [6.45, 7) is 1.95. The highest BCUT2D eigenvalue weighted by Crippen LogP contribution is 2.29. The van der Waals surface area contributed by atoms with Gasteiger partial charge in [0.2, 0.25) is 15.9 Å². The van der Waals surface area contributed by atoms with Crippen molar-refractivity contribution in [3.63, 3.8) is 0 Å². The molecule has 7 nitrogen and oxygen atoms in total. The first kappa shape index (κ1) is 23.7. The number of anilines is 1. The average molecular weight is 469 g/mol. The second kappa shape index (κ2) is 9.70. The Hall–Kier alpha value is -2.92. The Morgan fingerprint density at radius 2 is 1.78 bits per heavy atom. The largest absolute Gasteiger partial charge is 0.417 e. The van der Waals surface area contributed by atoms with E-state index in [-0.39, 0.29) is 10.8 Å². The van der Waals surface area contributed by atoms with Crippen LogP contribution in [0.25, 0.3) is 6.08 Å². The molecule has 1 amide bonds. The van der Waals surface area contributed by atoms with Crippen molar-refractivity contribution in [2.24, 2.45) is 0 Å². The molecule has 2 heterocycles. The lowest BCUT2D eigenvalue weighted by Crippen LogP contribution is -2.34. The molecule has 1 saturated heterocycles. The summed E-state index contributed by atoms with van der Waals surface area (Å²) in [7, 11) is -2.19. The molecule has 0 radical (unpaired) electrons. The van der Waals surface area contributed by atoms with Crippen LogP contribution in [0.2, 0.25) is 0 Å². The van der Waals surface area contributed by atoms with Gasteiger partial charge in [0.1, 0.15) is 5.82 Å². The monoisotopic (exact) mass is 468 g/mol. The number of pyridine rings is 1. The molecule has 1 aromatic carbocycles. The highest BCUT2D eigenvalue weighted by atomic mass is 32.2. The van der Waals surface area contributed by atoms with Crippen LogP contribution in [0.4, 0.5) is 19.0 Å². The zero-order chi connectivity index (χ0) is 23.4. The van der Waals surface area contributed by atoms with E-state index in [2.05, 4.69) is 9.71 Å². The number of hydrogen-bond donors (Lipinski definition) is 1. The van der Waals surface area contributed by atoms with Crippen LogP contribution in [0.1, 0.15) is 17.5 Å². The Kier molecular flexibility index (Phi) is 7.19. The molecule has 3 rings (SSSR count). The van der Waals surface area contributed by atoms with Gasteiger partial charge in [-0.2, -0.15) is 13.2 Å². The van der Waals surface area contributed by atoms with Gasteiger partial charge < -0.3 is 9.80 Å². The average Bonchev–Trinajstić information content (AvgIpc) is 3.04. The van der Waals surface area contributed by atoms with E-state index in [0.717, 1.165) is 12.3 Å². The first-order chi connectivity index (χ1) is 15.1. The van der Waals surface area contributed by atoms with E-state index in [9.17, 15) is 26.4 Å². The van der Waals surface area contributed by atoms with Gasteiger partial charge in [0.05, 0.1) is 10.5 Å². The molecule has 172 valence electrons. The van der Waals surface area contributed by atoms with Crippen LogP contribution in [-0.2, 0) is 21.0 Å². The fourth-order valence-corrected chi connectivity index (χ4v) is 3.99. The maximum absolute atomic E-state index is 12.7. The third-order valence-corrected chi connectivity index (χ3v) is 6.51. The van der Waals surface area contributed by atoms with E-state index in [1.165, 1.54) is 31.3 Å². The summed E-state index contributed by atoms with van der Waals surface area (Å²) < 4.78 is 63.9. The Morgan fingerprint density at radius 1 is 1.06 bits per heavy atom. The number of rotatable bonds is 5. The lowest BCUT2D eigenvalue weighted by atomic mass is 10.2. The smallest absolute Gasteiger partial charge is 0.355 e. The molecule has 1 aromatic heterocycles. The number of halogens is 3. The number of nitrogens with zero attached hydrogens (tertiary/aromatic N) is 3. The number of benzene rings is 1. The Bertz CT molecular complexity index is 1070. The first-order valence-corrected chi connectivity index (χ1v) is 11.4. The lowest BCUT2D eigenvalue weighted by molar-refractivity contribution is -0.137. The number of amides is 1. The molecule has 0 unspecified atom stereocenters. The topological polar surface area (TPSA) is 82.6 Å². The van der Waals surface area contributed by atoms with Crippen LogP contribution in [-0.4, -0.2) is 57.4 Å². The molecule has 0 atom stereocenters. The first-order valence-electron chi connectivity index (χ1n) is 9.89. The SMILES string of the molecule is CNS(=O)(=O)c1ccc(/C=C/C(=O)N2CCCN(c3ccc(C(F)(F)F)cn3)CC2)cc1. The van der Waals surface area contributed by atoms with E-state index in [1.54, 1.807) is 23.1 Å². The minimum atomic E-state index is -4.43. The van der Waals surface area contributed by atoms with Crippen molar-refractivity contribution in [2.45, 2.75) is 17.5 Å². The van der Waals surface area contributed by atoms with Crippen LogP contribution in [0, 0.1) is 0 Å². The van der Waals surface area contributed by atoms with Gasteiger partial charge in [0, 0.05) is 38.5 Å². The number of nitrogens with one attached hydrogen (secondary N) is 1. The van der Waals surface area contributed by atoms with Crippen LogP contribution in [0.5, 0.6) is 0 Å². The van der Waals surface area contributed by atoms with Gasteiger partial charge in [-0.25, -0.2) is 18.1 Å². The molecule has 1 aliphatic rings. The van der Waals surface area contributed by atoms with E-state index >= 15 is 0 Å². The van der Waals surface area contributed by atoms with Crippen molar-refractivity contribution < 1.29 is 26.4 Å². The summed E-state index contributed by atoms with van der Waals surface area (Å²) in [5.74, 6) is 0.249. The summed E-state index contributed by atoms with van der Waals surface area (Å²) in [5.41, 5.74) is -0.117. The van der Waals surface area contributed by atoms with E-state index in [4.69, 9.17) is 0 Å². The zero-order valence-electron chi connectivity index (χ0n) is 17.3. The molecule has 2 aromatic rings. The number of carbonyl (C=O) groups excluding carboxylic acids is 1. The van der Waals surface area contributed by atoms with Crippen molar-refractivity contribution in [1.29, 1.82) is 0 Å². The summed E-state index contributed by atoms with van der Waals surface area (Å²) in [6, 6.07) is 8.47. The summed E-state index contributed by atoms with van der Waals surface area (Å²) in [6.07, 6.45) is 0.0744. The molecule has 0 saturated carbocycles. The van der Waals surface area contributed by atoms with Gasteiger partial charge in [-0.05, 0) is 49.4 Å². The van der Waals surface area contributed by atoms with E-state index in [1.807, 2.05) is 4.90 Å². The third kappa shape index (κ3) is 5.86. The minimum absolute atomic E-state index is 0.132. The lowest BCUT2D eigenvalue weighted by Gasteiger charge is -2.22. The second-order valence-corrected chi connectivity index (χ2v) is 9.07. The maximum atomic E-state index is 12.7. The number of carbonyl (C=O) groups is 1. The molecular weight excluding hydrogens is 445 g/mol. The molecule has 11 heteroatoms. The van der Waals surface area contributed by atoms with Gasteiger partial charge in [-0.3, -0.25) is 4.79 Å². The number of aromatic nitrogens is 1. The quantitative estimate of drug-likeness (QED) is 0.683. The second-order valence-electron chi connectivity index (χ2n) is 7.18. The summed E-state index contributed by atoms with van der Waals surface area (Å²) >= 11 is 0. The predicted octanol–water partition coefficient (Wildman–Crippen LogP) is 2.76. The van der Waals surface area contributed by atoms with Gasteiger partial charge in [-0.1, -0.05) is 12.1 Å². The maximum Gasteiger partial charge on any atom is 0.417 e. The molecule has 1 aliphatic heterocycles. The van der Waals surface area contributed by atoms with E-state index < -0.39 is 21.8 Å².